The fourth-order valence-electron chi connectivity index (χ4n) is 2.06. The Labute approximate surface area is 171 Å². The number of nitrogens with two attached hydrogens (primary N) is 1. The van der Waals surface area contributed by atoms with Crippen LogP contribution in [0.4, 0.5) is 0 Å². The van der Waals surface area contributed by atoms with Crippen LogP contribution in [0.5, 0.6) is 0 Å². The van der Waals surface area contributed by atoms with Crippen LogP contribution in [0.1, 0.15) is 5.56 Å². The van der Waals surface area contributed by atoms with Crippen LogP contribution in [0.3, 0.4) is 0 Å². The molecule has 2 aromatic carbocycles. The molecule has 0 aromatic heterocycles. The van der Waals surface area contributed by atoms with E-state index in [9.17, 15) is 23.1 Å². The van der Waals surface area contributed by atoms with E-state index in [1.807, 2.05) is 4.72 Å². The Balaban J connectivity index is 2.15. The van der Waals surface area contributed by atoms with Crippen LogP contribution in [-0.4, -0.2) is 37.5 Å². The minimum Gasteiger partial charge on any atom is -0.479 e. The first-order valence-electron chi connectivity index (χ1n) is 7.74. The van der Waals surface area contributed by atoms with Crippen molar-refractivity contribution in [3.05, 3.63) is 64.1 Å². The second kappa shape index (κ2) is 8.89. The molecule has 0 fully saturated rings. The van der Waals surface area contributed by atoms with Crippen molar-refractivity contribution in [3.63, 3.8) is 0 Å². The number of halogens is 2. The molecular weight excluding hydrogens is 431 g/mol. The lowest BCUT2D eigenvalue weighted by molar-refractivity contribution is -0.161. The summed E-state index contributed by atoms with van der Waals surface area (Å²) in [5, 5.41) is 9.32. The zero-order chi connectivity index (χ0) is 20.9. The first-order valence-corrected chi connectivity index (χ1v) is 9.98. The molecule has 2 rings (SSSR count). The number of nitrogens with one attached hydrogen (secondary N) is 1. The van der Waals surface area contributed by atoms with Crippen molar-refractivity contribution in [2.24, 2.45) is 5.73 Å². The van der Waals surface area contributed by atoms with Crippen molar-refractivity contribution in [2.75, 3.05) is 6.54 Å². The second-order valence-electron chi connectivity index (χ2n) is 5.74. The lowest BCUT2D eigenvalue weighted by atomic mass is 10.0. The average molecular weight is 447 g/mol. The van der Waals surface area contributed by atoms with Crippen LogP contribution in [-0.2, 0) is 31.0 Å². The van der Waals surface area contributed by atoms with Gasteiger partial charge in [-0.2, -0.15) is 0 Å². The highest BCUT2D eigenvalue weighted by molar-refractivity contribution is 7.89. The number of carbonyl (C=O) groups is 2. The quantitative estimate of drug-likeness (QED) is 0.415. The number of hydrogen-bond acceptors (Lipinski definition) is 6. The smallest absolute Gasteiger partial charge is 0.339 e. The topological polar surface area (TPSA) is 136 Å². The predicted molar refractivity (Wildman–Crippen MR) is 102 cm³/mol. The Morgan fingerprint density at radius 3 is 2.39 bits per heavy atom. The fraction of sp³-hybridized carbons (Fsp3) is 0.176. The standard InChI is InChI=1S/C17H16Cl2N2O6S/c18-12-6-7-13(19)14(8-12)28(25,26)21-10-17(20,15(22)23)16(24)27-9-11-4-2-1-3-5-11/h1-8,21H,9-10,20H2,(H,22,23). The predicted octanol–water partition coefficient (Wildman–Crippen LogP) is 1.80. The maximum absolute atomic E-state index is 12.4. The minimum atomic E-state index is -4.30. The van der Waals surface area contributed by atoms with Crippen molar-refractivity contribution >= 4 is 45.2 Å². The highest BCUT2D eigenvalue weighted by Gasteiger charge is 2.45. The summed E-state index contributed by atoms with van der Waals surface area (Å²) in [5.41, 5.74) is 3.60. The van der Waals surface area contributed by atoms with E-state index in [0.717, 1.165) is 6.07 Å². The maximum atomic E-state index is 12.4. The largest absolute Gasteiger partial charge is 0.479 e. The third-order valence-electron chi connectivity index (χ3n) is 3.68. The van der Waals surface area contributed by atoms with Gasteiger partial charge < -0.3 is 15.6 Å². The van der Waals surface area contributed by atoms with E-state index in [1.165, 1.54) is 12.1 Å². The summed E-state index contributed by atoms with van der Waals surface area (Å²) in [6.07, 6.45) is 0. The number of carboxylic acid groups (broad SMARTS) is 1. The number of hydrogen-bond donors (Lipinski definition) is 3. The van der Waals surface area contributed by atoms with Crippen molar-refractivity contribution < 1.29 is 27.9 Å². The molecule has 2 aromatic rings. The van der Waals surface area contributed by atoms with Gasteiger partial charge in [-0.25, -0.2) is 22.7 Å². The summed E-state index contributed by atoms with van der Waals surface area (Å²) in [7, 11) is -4.30. The van der Waals surface area contributed by atoms with Gasteiger partial charge in [0.25, 0.3) is 0 Å². The van der Waals surface area contributed by atoms with E-state index in [2.05, 4.69) is 0 Å². The molecular formula is C17H16Cl2N2O6S. The van der Waals surface area contributed by atoms with Gasteiger partial charge in [0.15, 0.2) is 0 Å². The lowest BCUT2D eigenvalue weighted by Gasteiger charge is -2.23. The van der Waals surface area contributed by atoms with Crippen molar-refractivity contribution in [2.45, 2.75) is 17.0 Å². The van der Waals surface area contributed by atoms with Gasteiger partial charge in [-0.3, -0.25) is 0 Å². The zero-order valence-electron chi connectivity index (χ0n) is 14.3. The molecule has 0 saturated heterocycles. The average Bonchev–Trinajstić information content (AvgIpc) is 2.66. The first-order chi connectivity index (χ1) is 13.1. The summed E-state index contributed by atoms with van der Waals surface area (Å²) in [5.74, 6) is -3.06. The molecule has 1 atom stereocenters. The van der Waals surface area contributed by atoms with Gasteiger partial charge in [-0.05, 0) is 23.8 Å². The van der Waals surface area contributed by atoms with E-state index in [-0.39, 0.29) is 21.5 Å². The number of rotatable bonds is 8. The SMILES string of the molecule is NC(CNS(=O)(=O)c1cc(Cl)ccc1Cl)(C(=O)O)C(=O)OCc1ccccc1. The summed E-state index contributed by atoms with van der Waals surface area (Å²) >= 11 is 11.6. The Morgan fingerprint density at radius 2 is 1.79 bits per heavy atom. The fourth-order valence-corrected chi connectivity index (χ4v) is 3.90. The van der Waals surface area contributed by atoms with E-state index < -0.39 is 34.0 Å². The van der Waals surface area contributed by atoms with Crippen LogP contribution in [0.15, 0.2) is 53.4 Å². The lowest BCUT2D eigenvalue weighted by Crippen LogP contribution is -2.62. The van der Waals surface area contributed by atoms with Gasteiger partial charge in [-0.1, -0.05) is 53.5 Å². The monoisotopic (exact) mass is 446 g/mol. The summed E-state index contributed by atoms with van der Waals surface area (Å²) in [6, 6.07) is 12.2. The number of benzene rings is 2. The number of carboxylic acids is 1. The number of aliphatic carboxylic acids is 1. The van der Waals surface area contributed by atoms with Crippen LogP contribution < -0.4 is 10.5 Å². The third kappa shape index (κ3) is 5.21. The van der Waals surface area contributed by atoms with Gasteiger partial charge in [0.05, 0.1) is 11.6 Å². The molecule has 8 nitrogen and oxygen atoms in total. The molecule has 0 aliphatic carbocycles. The second-order valence-corrected chi connectivity index (χ2v) is 8.32. The van der Waals surface area contributed by atoms with Gasteiger partial charge >= 0.3 is 11.9 Å². The molecule has 150 valence electrons. The van der Waals surface area contributed by atoms with E-state index >= 15 is 0 Å². The Morgan fingerprint density at radius 1 is 1.14 bits per heavy atom. The Kier molecular flexibility index (Phi) is 7.02. The highest BCUT2D eigenvalue weighted by Crippen LogP contribution is 2.25. The molecule has 0 spiro atoms. The van der Waals surface area contributed by atoms with Crippen molar-refractivity contribution in [1.82, 2.24) is 4.72 Å². The van der Waals surface area contributed by atoms with Crippen LogP contribution in [0, 0.1) is 0 Å². The molecule has 0 aliphatic rings. The van der Waals surface area contributed by atoms with E-state index in [0.29, 0.717) is 5.56 Å². The summed E-state index contributed by atoms with van der Waals surface area (Å²) in [6.45, 7) is -1.18. The van der Waals surface area contributed by atoms with Crippen LogP contribution in [0.2, 0.25) is 10.0 Å². The van der Waals surface area contributed by atoms with Gasteiger partial charge in [0.1, 0.15) is 11.5 Å². The van der Waals surface area contributed by atoms with Crippen LogP contribution in [0.25, 0.3) is 0 Å². The molecule has 0 radical (unpaired) electrons. The van der Waals surface area contributed by atoms with E-state index in [1.54, 1.807) is 30.3 Å². The van der Waals surface area contributed by atoms with Gasteiger partial charge in [0, 0.05) is 5.02 Å². The highest BCUT2D eigenvalue weighted by atomic mass is 35.5. The summed E-state index contributed by atoms with van der Waals surface area (Å²) in [4.78, 5) is 23.4. The first kappa shape index (κ1) is 22.1. The Hall–Kier alpha value is -2.17. The normalized spacial score (nSPS) is 13.5. The number of esters is 1. The van der Waals surface area contributed by atoms with E-state index in [4.69, 9.17) is 33.7 Å². The summed E-state index contributed by atoms with van der Waals surface area (Å²) < 4.78 is 31.8. The molecule has 11 heteroatoms. The number of ether oxygens (including phenoxy) is 1. The molecule has 0 saturated carbocycles. The molecule has 0 heterocycles. The number of carbonyl (C=O) groups excluding carboxylic acids is 1. The number of sulfonamides is 1. The molecule has 1 unspecified atom stereocenters. The molecule has 28 heavy (non-hydrogen) atoms. The molecule has 0 aliphatic heterocycles. The Bertz CT molecular complexity index is 984. The molecule has 4 N–H and O–H groups in total. The maximum Gasteiger partial charge on any atom is 0.339 e. The molecule has 0 bridgehead atoms. The van der Waals surface area contributed by atoms with Gasteiger partial charge in [-0.15, -0.1) is 0 Å². The van der Waals surface area contributed by atoms with Gasteiger partial charge in [0.2, 0.25) is 15.6 Å². The van der Waals surface area contributed by atoms with Crippen molar-refractivity contribution in [3.8, 4) is 0 Å². The zero-order valence-corrected chi connectivity index (χ0v) is 16.6. The minimum absolute atomic E-state index is 0.101. The van der Waals surface area contributed by atoms with Crippen molar-refractivity contribution in [1.29, 1.82) is 0 Å². The third-order valence-corrected chi connectivity index (χ3v) is 5.80. The molecule has 0 amide bonds. The van der Waals surface area contributed by atoms with Crippen LogP contribution >= 0.6 is 23.2 Å².